The summed E-state index contributed by atoms with van der Waals surface area (Å²) >= 11 is 0. The first-order chi connectivity index (χ1) is 21.5. The van der Waals surface area contributed by atoms with Crippen molar-refractivity contribution in [1.82, 2.24) is 29.6 Å². The van der Waals surface area contributed by atoms with Crippen LogP contribution in [0.15, 0.2) is 6.33 Å². The lowest BCUT2D eigenvalue weighted by Crippen LogP contribution is -2.64. The van der Waals surface area contributed by atoms with Crippen LogP contribution in [0.5, 0.6) is 0 Å². The summed E-state index contributed by atoms with van der Waals surface area (Å²) in [6, 6.07) is 0. The number of ether oxygens (including phenoxy) is 1. The fourth-order valence-electron chi connectivity index (χ4n) is 8.30. The second-order valence-corrected chi connectivity index (χ2v) is 14.8. The van der Waals surface area contributed by atoms with Gasteiger partial charge >= 0.3 is 6.09 Å². The first-order valence-corrected chi connectivity index (χ1v) is 17.6. The summed E-state index contributed by atoms with van der Waals surface area (Å²) in [6.07, 6.45) is 10.2. The Morgan fingerprint density at radius 3 is 2.16 bits per heavy atom. The first-order valence-electron chi connectivity index (χ1n) is 17.6. The molecular weight excluding hydrogens is 568 g/mol. The van der Waals surface area contributed by atoms with E-state index in [0.717, 1.165) is 122 Å². The maximum absolute atomic E-state index is 13.5. The van der Waals surface area contributed by atoms with E-state index in [2.05, 4.69) is 28.7 Å². The van der Waals surface area contributed by atoms with E-state index in [4.69, 9.17) is 4.74 Å². The molecule has 1 spiro atoms. The number of piperidine rings is 3. The van der Waals surface area contributed by atoms with Crippen LogP contribution in [0.25, 0.3) is 0 Å². The SMILES string of the molecule is CCCCC1CN(CC2CCN(C(=O)C(C)C)CC2)C(=O)OC12CCN(C1(C)CCN(C(=O)c3c(C)ncnc3C)CC1)CC2. The summed E-state index contributed by atoms with van der Waals surface area (Å²) < 4.78 is 6.49. The van der Waals surface area contributed by atoms with Crippen LogP contribution < -0.4 is 0 Å². The number of nitrogens with zero attached hydrogens (tertiary/aromatic N) is 6. The second kappa shape index (κ2) is 13.9. The predicted molar refractivity (Wildman–Crippen MR) is 174 cm³/mol. The van der Waals surface area contributed by atoms with E-state index in [-0.39, 0.29) is 35.0 Å². The molecule has 0 aromatic carbocycles. The van der Waals surface area contributed by atoms with Gasteiger partial charge in [-0.3, -0.25) is 14.5 Å². The minimum Gasteiger partial charge on any atom is -0.442 e. The van der Waals surface area contributed by atoms with Gasteiger partial charge in [0.15, 0.2) is 0 Å². The fraction of sp³-hybridized carbons (Fsp3) is 0.800. The van der Waals surface area contributed by atoms with Gasteiger partial charge in [0.05, 0.1) is 17.0 Å². The largest absolute Gasteiger partial charge is 0.442 e. The van der Waals surface area contributed by atoms with Crippen molar-refractivity contribution in [1.29, 1.82) is 0 Å². The van der Waals surface area contributed by atoms with Crippen LogP contribution in [0.1, 0.15) is 107 Å². The Labute approximate surface area is 270 Å². The number of likely N-dealkylation sites (tertiary alicyclic amines) is 3. The number of carbonyl (C=O) groups is 3. The number of amides is 3. The number of carbonyl (C=O) groups excluding carboxylic acids is 3. The summed E-state index contributed by atoms with van der Waals surface area (Å²) in [5, 5.41) is 0. The summed E-state index contributed by atoms with van der Waals surface area (Å²) in [5.41, 5.74) is 1.75. The quantitative estimate of drug-likeness (QED) is 0.398. The van der Waals surface area contributed by atoms with Crippen molar-refractivity contribution in [3.8, 4) is 0 Å². The van der Waals surface area contributed by atoms with Crippen LogP contribution in [0, 0.1) is 31.6 Å². The standard InChI is InChI=1S/C35H56N6O4/c1-7-8-9-29-23-40(22-28-10-16-38(17-11-28)31(42)25(2)3)33(44)45-35(29)14-20-41(21-15-35)34(6)12-18-39(19-13-34)32(43)30-26(4)36-24-37-27(30)5/h24-25,28-29H,7-23H2,1-6H3. The van der Waals surface area contributed by atoms with Crippen molar-refractivity contribution in [2.24, 2.45) is 17.8 Å². The van der Waals surface area contributed by atoms with Crippen LogP contribution >= 0.6 is 0 Å². The number of aromatic nitrogens is 2. The van der Waals surface area contributed by atoms with E-state index < -0.39 is 0 Å². The molecule has 0 saturated carbocycles. The molecule has 5 heterocycles. The zero-order valence-electron chi connectivity index (χ0n) is 28.6. The van der Waals surface area contributed by atoms with E-state index in [1.807, 2.05) is 42.4 Å². The monoisotopic (exact) mass is 624 g/mol. The number of hydrogen-bond donors (Lipinski definition) is 0. The molecule has 1 aromatic heterocycles. The van der Waals surface area contributed by atoms with Crippen molar-refractivity contribution in [3.05, 3.63) is 23.3 Å². The van der Waals surface area contributed by atoms with Gasteiger partial charge in [0.1, 0.15) is 11.9 Å². The Balaban J connectivity index is 1.16. The molecule has 250 valence electrons. The Bertz CT molecular complexity index is 1190. The molecule has 0 aliphatic carbocycles. The summed E-state index contributed by atoms with van der Waals surface area (Å²) in [7, 11) is 0. The molecule has 4 aliphatic rings. The number of hydrogen-bond acceptors (Lipinski definition) is 7. The number of rotatable bonds is 8. The summed E-state index contributed by atoms with van der Waals surface area (Å²) in [4.78, 5) is 56.4. The Hall–Kier alpha value is -2.75. The fourth-order valence-corrected chi connectivity index (χ4v) is 8.30. The zero-order chi connectivity index (χ0) is 32.4. The summed E-state index contributed by atoms with van der Waals surface area (Å²) in [6.45, 7) is 18.6. The van der Waals surface area contributed by atoms with E-state index in [1.165, 1.54) is 6.33 Å². The molecule has 3 amide bonds. The van der Waals surface area contributed by atoms with Crippen LogP contribution in [0.2, 0.25) is 0 Å². The van der Waals surface area contributed by atoms with Crippen molar-refractivity contribution < 1.29 is 19.1 Å². The molecule has 4 aliphatic heterocycles. The smallest absolute Gasteiger partial charge is 0.410 e. The van der Waals surface area contributed by atoms with E-state index >= 15 is 0 Å². The van der Waals surface area contributed by atoms with Gasteiger partial charge in [-0.15, -0.1) is 0 Å². The van der Waals surface area contributed by atoms with E-state index in [1.54, 1.807) is 0 Å². The third-order valence-corrected chi connectivity index (χ3v) is 11.5. The number of aryl methyl sites for hydroxylation is 2. The van der Waals surface area contributed by atoms with Gasteiger partial charge < -0.3 is 19.4 Å². The van der Waals surface area contributed by atoms with Gasteiger partial charge in [0.25, 0.3) is 5.91 Å². The molecule has 45 heavy (non-hydrogen) atoms. The average molecular weight is 625 g/mol. The lowest BCUT2D eigenvalue weighted by Gasteiger charge is -2.55. The van der Waals surface area contributed by atoms with Crippen LogP contribution in [0.3, 0.4) is 0 Å². The molecule has 1 atom stereocenters. The Morgan fingerprint density at radius 1 is 0.956 bits per heavy atom. The van der Waals surface area contributed by atoms with Crippen molar-refractivity contribution in [2.45, 2.75) is 110 Å². The highest BCUT2D eigenvalue weighted by Crippen LogP contribution is 2.43. The minimum absolute atomic E-state index is 0.0190. The topological polar surface area (TPSA) is 99.2 Å². The Kier molecular flexibility index (Phi) is 10.4. The molecule has 1 aromatic rings. The lowest BCUT2D eigenvalue weighted by molar-refractivity contribution is -0.138. The first kappa shape index (κ1) is 33.6. The van der Waals surface area contributed by atoms with Crippen molar-refractivity contribution >= 4 is 17.9 Å². The van der Waals surface area contributed by atoms with Crippen molar-refractivity contribution in [2.75, 3.05) is 52.4 Å². The Morgan fingerprint density at radius 2 is 1.58 bits per heavy atom. The maximum Gasteiger partial charge on any atom is 0.410 e. The predicted octanol–water partition coefficient (Wildman–Crippen LogP) is 5.08. The molecule has 1 unspecified atom stereocenters. The van der Waals surface area contributed by atoms with Gasteiger partial charge in [0, 0.05) is 82.6 Å². The lowest BCUT2D eigenvalue weighted by atomic mass is 9.74. The highest BCUT2D eigenvalue weighted by Gasteiger charge is 2.51. The third-order valence-electron chi connectivity index (χ3n) is 11.5. The second-order valence-electron chi connectivity index (χ2n) is 14.8. The minimum atomic E-state index is -0.387. The molecule has 4 saturated heterocycles. The highest BCUT2D eigenvalue weighted by molar-refractivity contribution is 5.96. The van der Waals surface area contributed by atoms with Gasteiger partial charge in [0.2, 0.25) is 5.91 Å². The maximum atomic E-state index is 13.5. The van der Waals surface area contributed by atoms with Gasteiger partial charge in [-0.25, -0.2) is 14.8 Å². The zero-order valence-corrected chi connectivity index (χ0v) is 28.6. The molecule has 0 radical (unpaired) electrons. The van der Waals surface area contributed by atoms with Gasteiger partial charge in [-0.2, -0.15) is 0 Å². The number of unbranched alkanes of at least 4 members (excludes halogenated alkanes) is 1. The van der Waals surface area contributed by atoms with Crippen LogP contribution in [0.4, 0.5) is 4.79 Å². The molecule has 4 fully saturated rings. The van der Waals surface area contributed by atoms with Crippen LogP contribution in [-0.2, 0) is 9.53 Å². The molecule has 0 N–H and O–H groups in total. The van der Waals surface area contributed by atoms with E-state index in [9.17, 15) is 14.4 Å². The van der Waals surface area contributed by atoms with Gasteiger partial charge in [-0.1, -0.05) is 33.6 Å². The summed E-state index contributed by atoms with van der Waals surface area (Å²) in [5.74, 6) is 1.06. The third kappa shape index (κ3) is 7.15. The normalized spacial score (nSPS) is 24.3. The average Bonchev–Trinajstić information content (AvgIpc) is 3.02. The molecule has 5 rings (SSSR count). The molecular formula is C35H56N6O4. The van der Waals surface area contributed by atoms with E-state index in [0.29, 0.717) is 17.4 Å². The molecule has 10 nitrogen and oxygen atoms in total. The van der Waals surface area contributed by atoms with Crippen molar-refractivity contribution in [3.63, 3.8) is 0 Å². The van der Waals surface area contributed by atoms with Crippen LogP contribution in [-0.4, -0.2) is 111 Å². The molecule has 10 heteroatoms. The molecule has 0 bridgehead atoms. The van der Waals surface area contributed by atoms with Gasteiger partial charge in [-0.05, 0) is 58.8 Å². The highest BCUT2D eigenvalue weighted by atomic mass is 16.6.